The van der Waals surface area contributed by atoms with Crippen LogP contribution in [0.5, 0.6) is 0 Å². The van der Waals surface area contributed by atoms with E-state index in [2.05, 4.69) is 0 Å². The molecule has 4 atom stereocenters. The van der Waals surface area contributed by atoms with Gasteiger partial charge in [-0.2, -0.15) is 0 Å². The zero-order valence-electron chi connectivity index (χ0n) is 14.4. The molecule has 6 nitrogen and oxygen atoms in total. The van der Waals surface area contributed by atoms with Crippen molar-refractivity contribution in [2.24, 2.45) is 0 Å². The number of aliphatic hydroxyl groups excluding tert-OH is 4. The lowest BCUT2D eigenvalue weighted by Crippen LogP contribution is -2.62. The maximum absolute atomic E-state index is 10.7. The van der Waals surface area contributed by atoms with Crippen LogP contribution in [0.3, 0.4) is 0 Å². The molecule has 0 aliphatic heterocycles. The first-order valence-electron chi connectivity index (χ1n) is 8.45. The van der Waals surface area contributed by atoms with Crippen LogP contribution in [0.1, 0.15) is 11.1 Å². The molecular weight excluding hydrogens is 336 g/mol. The smallest absolute Gasteiger partial charge is 0.120 e. The molecule has 2 aromatic rings. The van der Waals surface area contributed by atoms with Crippen molar-refractivity contribution >= 4 is 0 Å². The standard InChI is InChI=1S/C20H26O6/c21-13-19(25,11-15-7-3-1-4-8-15)17(23)18(24)20(26,14-22)12-16-9-5-2-6-10-16/h1-10,17-18,21-26H,11-14H2/t17-,18-,19-,20-/m1/s1. The SMILES string of the molecule is OC[C@](O)(Cc1ccccc1)[C@H](O)[C@@H](O)[C@](O)(CO)Cc1ccccc1. The highest BCUT2D eigenvalue weighted by Gasteiger charge is 2.48. The summed E-state index contributed by atoms with van der Waals surface area (Å²) in [5, 5.41) is 61.7. The van der Waals surface area contributed by atoms with E-state index in [1.807, 2.05) is 0 Å². The van der Waals surface area contributed by atoms with Crippen LogP contribution in [0, 0.1) is 0 Å². The lowest BCUT2D eigenvalue weighted by Gasteiger charge is -2.40. The van der Waals surface area contributed by atoms with Gasteiger partial charge in [-0.15, -0.1) is 0 Å². The van der Waals surface area contributed by atoms with Gasteiger partial charge < -0.3 is 30.6 Å². The topological polar surface area (TPSA) is 121 Å². The highest BCUT2D eigenvalue weighted by Crippen LogP contribution is 2.27. The van der Waals surface area contributed by atoms with E-state index in [4.69, 9.17) is 0 Å². The maximum atomic E-state index is 10.7. The third-order valence-electron chi connectivity index (χ3n) is 4.65. The van der Waals surface area contributed by atoms with Gasteiger partial charge in [0.15, 0.2) is 0 Å². The molecule has 142 valence electrons. The van der Waals surface area contributed by atoms with Crippen molar-refractivity contribution in [2.75, 3.05) is 13.2 Å². The van der Waals surface area contributed by atoms with Gasteiger partial charge in [0.05, 0.1) is 13.2 Å². The molecule has 0 spiro atoms. The van der Waals surface area contributed by atoms with Crippen molar-refractivity contribution in [3.05, 3.63) is 71.8 Å². The lowest BCUT2D eigenvalue weighted by molar-refractivity contribution is -0.203. The Balaban J connectivity index is 2.21. The Bertz CT molecular complexity index is 605. The Kier molecular flexibility index (Phi) is 6.88. The summed E-state index contributed by atoms with van der Waals surface area (Å²) in [6.07, 6.45) is -4.02. The largest absolute Gasteiger partial charge is 0.393 e. The fourth-order valence-corrected chi connectivity index (χ4v) is 2.99. The second kappa shape index (κ2) is 8.73. The minimum absolute atomic E-state index is 0.130. The summed E-state index contributed by atoms with van der Waals surface area (Å²) < 4.78 is 0. The van der Waals surface area contributed by atoms with E-state index < -0.39 is 36.6 Å². The molecule has 0 aliphatic rings. The summed E-state index contributed by atoms with van der Waals surface area (Å²) in [7, 11) is 0. The fourth-order valence-electron chi connectivity index (χ4n) is 2.99. The molecule has 0 saturated heterocycles. The van der Waals surface area contributed by atoms with Gasteiger partial charge in [0.2, 0.25) is 0 Å². The van der Waals surface area contributed by atoms with Crippen LogP contribution in [0.2, 0.25) is 0 Å². The van der Waals surface area contributed by atoms with E-state index in [0.29, 0.717) is 11.1 Å². The molecule has 6 N–H and O–H groups in total. The predicted molar refractivity (Wildman–Crippen MR) is 96.4 cm³/mol. The van der Waals surface area contributed by atoms with Crippen molar-refractivity contribution < 1.29 is 30.6 Å². The van der Waals surface area contributed by atoms with Gasteiger partial charge in [-0.1, -0.05) is 60.7 Å². The van der Waals surface area contributed by atoms with E-state index in [9.17, 15) is 30.6 Å². The summed E-state index contributed by atoms with van der Waals surface area (Å²) in [5.41, 5.74) is -2.88. The molecule has 0 heterocycles. The first kappa shape index (κ1) is 20.5. The molecule has 2 aromatic carbocycles. The van der Waals surface area contributed by atoms with Crippen molar-refractivity contribution in [3.63, 3.8) is 0 Å². The van der Waals surface area contributed by atoms with Crippen LogP contribution < -0.4 is 0 Å². The van der Waals surface area contributed by atoms with E-state index in [-0.39, 0.29) is 12.8 Å². The summed E-state index contributed by atoms with van der Waals surface area (Å²) >= 11 is 0. The first-order chi connectivity index (χ1) is 12.3. The Labute approximate surface area is 152 Å². The number of hydrogen-bond donors (Lipinski definition) is 6. The van der Waals surface area contributed by atoms with Gasteiger partial charge in [-0.3, -0.25) is 0 Å². The van der Waals surface area contributed by atoms with Crippen molar-refractivity contribution in [2.45, 2.75) is 36.3 Å². The molecule has 0 aromatic heterocycles. The first-order valence-corrected chi connectivity index (χ1v) is 8.45. The molecule has 2 rings (SSSR count). The Morgan fingerprint density at radius 1 is 0.615 bits per heavy atom. The number of rotatable bonds is 9. The Hall–Kier alpha value is -1.80. The quantitative estimate of drug-likeness (QED) is 0.362. The van der Waals surface area contributed by atoms with E-state index in [1.54, 1.807) is 60.7 Å². The molecule has 0 fully saturated rings. The molecule has 6 heteroatoms. The molecule has 26 heavy (non-hydrogen) atoms. The van der Waals surface area contributed by atoms with Crippen LogP contribution in [0.4, 0.5) is 0 Å². The second-order valence-corrected chi connectivity index (χ2v) is 6.74. The number of hydrogen-bond acceptors (Lipinski definition) is 6. The lowest BCUT2D eigenvalue weighted by atomic mass is 9.79. The summed E-state index contributed by atoms with van der Waals surface area (Å²) in [4.78, 5) is 0. The third kappa shape index (κ3) is 4.67. The van der Waals surface area contributed by atoms with Crippen molar-refractivity contribution in [1.29, 1.82) is 0 Å². The average molecular weight is 362 g/mol. The summed E-state index contributed by atoms with van der Waals surface area (Å²) in [6, 6.07) is 17.4. The zero-order valence-corrected chi connectivity index (χ0v) is 14.4. The molecule has 0 bridgehead atoms. The van der Waals surface area contributed by atoms with Crippen LogP contribution in [0.15, 0.2) is 60.7 Å². The predicted octanol–water partition coefficient (Wildman–Crippen LogP) is -0.360. The van der Waals surface area contributed by atoms with Crippen LogP contribution in [-0.2, 0) is 12.8 Å². The molecule has 0 unspecified atom stereocenters. The zero-order chi connectivity index (χ0) is 19.2. The second-order valence-electron chi connectivity index (χ2n) is 6.74. The van der Waals surface area contributed by atoms with E-state index in [1.165, 1.54) is 0 Å². The van der Waals surface area contributed by atoms with Crippen LogP contribution in [0.25, 0.3) is 0 Å². The molecule has 0 saturated carbocycles. The van der Waals surface area contributed by atoms with Gasteiger partial charge in [0.25, 0.3) is 0 Å². The Morgan fingerprint density at radius 2 is 0.923 bits per heavy atom. The van der Waals surface area contributed by atoms with Crippen molar-refractivity contribution in [1.82, 2.24) is 0 Å². The molecule has 0 radical (unpaired) electrons. The van der Waals surface area contributed by atoms with Crippen LogP contribution >= 0.6 is 0 Å². The minimum atomic E-state index is -2.08. The monoisotopic (exact) mass is 362 g/mol. The van der Waals surface area contributed by atoms with Gasteiger partial charge >= 0.3 is 0 Å². The number of aliphatic hydroxyl groups is 6. The average Bonchev–Trinajstić information content (AvgIpc) is 2.68. The summed E-state index contributed by atoms with van der Waals surface area (Å²) in [5.74, 6) is 0. The highest BCUT2D eigenvalue weighted by atomic mass is 16.4. The van der Waals surface area contributed by atoms with Gasteiger partial charge in [0, 0.05) is 12.8 Å². The third-order valence-corrected chi connectivity index (χ3v) is 4.65. The van der Waals surface area contributed by atoms with E-state index >= 15 is 0 Å². The summed E-state index contributed by atoms with van der Waals surface area (Å²) in [6.45, 7) is -1.65. The minimum Gasteiger partial charge on any atom is -0.393 e. The Morgan fingerprint density at radius 3 is 1.19 bits per heavy atom. The fraction of sp³-hybridized carbons (Fsp3) is 0.400. The number of benzene rings is 2. The van der Waals surface area contributed by atoms with Crippen LogP contribution in [-0.4, -0.2) is 67.3 Å². The van der Waals surface area contributed by atoms with Gasteiger partial charge in [0.1, 0.15) is 23.4 Å². The molecule has 0 aliphatic carbocycles. The van der Waals surface area contributed by atoms with E-state index in [0.717, 1.165) is 0 Å². The van der Waals surface area contributed by atoms with Crippen molar-refractivity contribution in [3.8, 4) is 0 Å². The van der Waals surface area contributed by atoms with Gasteiger partial charge in [-0.05, 0) is 11.1 Å². The normalized spacial score (nSPS) is 18.5. The van der Waals surface area contributed by atoms with Gasteiger partial charge in [-0.25, -0.2) is 0 Å². The maximum Gasteiger partial charge on any atom is 0.120 e. The molecule has 0 amide bonds. The molecular formula is C20H26O6. The highest BCUT2D eigenvalue weighted by molar-refractivity contribution is 5.21.